The Kier molecular flexibility index (Phi) is 4.94. The molecule has 2 aliphatic rings. The van der Waals surface area contributed by atoms with E-state index in [0.29, 0.717) is 5.69 Å². The van der Waals surface area contributed by atoms with Crippen molar-refractivity contribution in [3.8, 4) is 0 Å². The minimum atomic E-state index is -0.860. The lowest BCUT2D eigenvalue weighted by atomic mass is 9.90. The fraction of sp³-hybridized carbons (Fsp3) is 0.231. The van der Waals surface area contributed by atoms with Crippen LogP contribution in [0.4, 0.5) is 17.1 Å². The van der Waals surface area contributed by atoms with Crippen molar-refractivity contribution in [1.29, 1.82) is 0 Å². The zero-order chi connectivity index (χ0) is 22.4. The second-order valence-corrected chi connectivity index (χ2v) is 8.44. The van der Waals surface area contributed by atoms with Gasteiger partial charge in [-0.15, -0.1) is 0 Å². The van der Waals surface area contributed by atoms with Gasteiger partial charge in [-0.1, -0.05) is 48.5 Å². The first-order chi connectivity index (χ1) is 15.5. The minimum absolute atomic E-state index is 0.232. The van der Waals surface area contributed by atoms with Crippen molar-refractivity contribution in [1.82, 2.24) is 0 Å². The highest BCUT2D eigenvalue weighted by molar-refractivity contribution is 6.23. The van der Waals surface area contributed by atoms with Crippen LogP contribution in [0.15, 0.2) is 78.9 Å². The molecule has 0 spiro atoms. The molecule has 0 aromatic heterocycles. The third-order valence-corrected chi connectivity index (χ3v) is 6.23. The van der Waals surface area contributed by atoms with E-state index in [0.717, 1.165) is 22.5 Å². The van der Waals surface area contributed by atoms with Crippen LogP contribution in [0.2, 0.25) is 0 Å². The Morgan fingerprint density at radius 1 is 0.812 bits per heavy atom. The number of nitrogens with zero attached hydrogens (tertiary/aromatic N) is 3. The largest absolute Gasteiger partial charge is 0.378 e. The van der Waals surface area contributed by atoms with Crippen molar-refractivity contribution in [3.63, 3.8) is 0 Å². The Morgan fingerprint density at radius 3 is 2.12 bits per heavy atom. The molecule has 32 heavy (non-hydrogen) atoms. The number of hydrogen-bond donors (Lipinski definition) is 0. The second-order valence-electron chi connectivity index (χ2n) is 8.44. The number of rotatable bonds is 4. The number of hydroxylamine groups is 1. The number of fused-ring (bicyclic) bond motifs is 1. The molecule has 5 rings (SSSR count). The van der Waals surface area contributed by atoms with Gasteiger partial charge in [-0.2, -0.15) is 0 Å². The van der Waals surface area contributed by atoms with E-state index in [-0.39, 0.29) is 11.8 Å². The Hall–Kier alpha value is -3.64. The Morgan fingerprint density at radius 2 is 1.47 bits per heavy atom. The van der Waals surface area contributed by atoms with Gasteiger partial charge >= 0.3 is 0 Å². The van der Waals surface area contributed by atoms with Crippen LogP contribution in [0.25, 0.3) is 0 Å². The van der Waals surface area contributed by atoms with Gasteiger partial charge < -0.3 is 4.90 Å². The van der Waals surface area contributed by atoms with Gasteiger partial charge in [0.2, 0.25) is 5.91 Å². The molecule has 3 atom stereocenters. The summed E-state index contributed by atoms with van der Waals surface area (Å²) < 4.78 is 0. The minimum Gasteiger partial charge on any atom is -0.378 e. The number of anilines is 3. The monoisotopic (exact) mass is 427 g/mol. The average molecular weight is 428 g/mol. The van der Waals surface area contributed by atoms with Crippen LogP contribution in [0.5, 0.6) is 0 Å². The fourth-order valence-corrected chi connectivity index (χ4v) is 4.57. The third kappa shape index (κ3) is 3.15. The van der Waals surface area contributed by atoms with Crippen molar-refractivity contribution >= 4 is 28.9 Å². The van der Waals surface area contributed by atoms with Gasteiger partial charge in [-0.25, -0.2) is 9.96 Å². The van der Waals surface area contributed by atoms with Crippen molar-refractivity contribution in [2.24, 2.45) is 5.92 Å². The zero-order valence-corrected chi connectivity index (χ0v) is 18.3. The molecule has 3 aromatic rings. The van der Waals surface area contributed by atoms with E-state index in [2.05, 4.69) is 0 Å². The number of para-hydroxylation sites is 2. The second kappa shape index (κ2) is 7.80. The number of hydrogen-bond acceptors (Lipinski definition) is 5. The van der Waals surface area contributed by atoms with E-state index in [9.17, 15) is 9.59 Å². The molecule has 2 heterocycles. The lowest BCUT2D eigenvalue weighted by Crippen LogP contribution is -2.37. The summed E-state index contributed by atoms with van der Waals surface area (Å²) in [6, 6.07) is 24.6. The zero-order valence-electron chi connectivity index (χ0n) is 18.3. The number of amides is 2. The van der Waals surface area contributed by atoms with E-state index < -0.39 is 18.1 Å². The quantitative estimate of drug-likeness (QED) is 0.587. The molecule has 3 aromatic carbocycles. The predicted molar refractivity (Wildman–Crippen MR) is 124 cm³/mol. The normalized spacial score (nSPS) is 22.4. The van der Waals surface area contributed by atoms with Crippen LogP contribution in [-0.4, -0.2) is 32.0 Å². The summed E-state index contributed by atoms with van der Waals surface area (Å²) in [6.07, 6.45) is -0.860. The Labute approximate surface area is 187 Å². The molecular formula is C26H25N3O3. The number of benzene rings is 3. The van der Waals surface area contributed by atoms with Crippen LogP contribution >= 0.6 is 0 Å². The van der Waals surface area contributed by atoms with E-state index in [4.69, 9.17) is 4.84 Å². The molecule has 2 aliphatic heterocycles. The number of carbonyl (C=O) groups excluding carboxylic acids is 2. The molecule has 6 heteroatoms. The molecule has 2 fully saturated rings. The first-order valence-corrected chi connectivity index (χ1v) is 10.7. The first-order valence-electron chi connectivity index (χ1n) is 10.7. The highest BCUT2D eigenvalue weighted by Crippen LogP contribution is 2.48. The summed E-state index contributed by atoms with van der Waals surface area (Å²) in [5.41, 5.74) is 4.44. The maximum atomic E-state index is 13.6. The van der Waals surface area contributed by atoms with Crippen LogP contribution in [0.3, 0.4) is 0 Å². The smallest absolute Gasteiger partial charge is 0.266 e. The van der Waals surface area contributed by atoms with Crippen molar-refractivity contribution in [2.45, 2.75) is 19.1 Å². The maximum Gasteiger partial charge on any atom is 0.266 e. The van der Waals surface area contributed by atoms with Crippen LogP contribution in [-0.2, 0) is 14.4 Å². The summed E-state index contributed by atoms with van der Waals surface area (Å²) in [7, 11) is 3.97. The maximum absolute atomic E-state index is 13.6. The molecule has 0 N–H and O–H groups in total. The summed E-state index contributed by atoms with van der Waals surface area (Å²) in [5.74, 6) is -1.19. The molecule has 2 amide bonds. The molecule has 0 bridgehead atoms. The van der Waals surface area contributed by atoms with Crippen molar-refractivity contribution in [2.75, 3.05) is 29.0 Å². The van der Waals surface area contributed by atoms with Gasteiger partial charge in [0.15, 0.2) is 6.10 Å². The third-order valence-electron chi connectivity index (χ3n) is 6.23. The fourth-order valence-electron chi connectivity index (χ4n) is 4.57. The molecule has 0 radical (unpaired) electrons. The van der Waals surface area contributed by atoms with Gasteiger partial charge in [0.05, 0.1) is 17.4 Å². The number of imide groups is 1. The van der Waals surface area contributed by atoms with Gasteiger partial charge in [-0.05, 0) is 48.4 Å². The molecular weight excluding hydrogens is 402 g/mol. The van der Waals surface area contributed by atoms with E-state index >= 15 is 0 Å². The van der Waals surface area contributed by atoms with E-state index in [1.807, 2.05) is 92.6 Å². The van der Waals surface area contributed by atoms with Crippen LogP contribution < -0.4 is 14.9 Å². The molecule has 0 unspecified atom stereocenters. The van der Waals surface area contributed by atoms with Gasteiger partial charge in [0.1, 0.15) is 5.92 Å². The average Bonchev–Trinajstić information content (AvgIpc) is 3.30. The van der Waals surface area contributed by atoms with E-state index in [1.165, 1.54) is 4.90 Å². The molecule has 6 nitrogen and oxygen atoms in total. The van der Waals surface area contributed by atoms with Crippen LogP contribution in [0, 0.1) is 12.8 Å². The summed E-state index contributed by atoms with van der Waals surface area (Å²) in [5, 5.41) is 1.76. The first kappa shape index (κ1) is 20.3. The topological polar surface area (TPSA) is 53.1 Å². The van der Waals surface area contributed by atoms with Crippen LogP contribution in [0.1, 0.15) is 17.2 Å². The number of aryl methyl sites for hydroxylation is 1. The standard InChI is InChI=1S/C26H25N3O3/c1-17-9-7-8-12-21(17)29-23(18-13-15-19(16-14-18)27(2)3)22-24(32-29)26(31)28(25(22)30)20-10-5-4-6-11-20/h4-16,22-24H,1-3H3/t22-,23-,24+/m1/s1. The molecule has 162 valence electrons. The molecule has 0 saturated carbocycles. The Balaban J connectivity index is 1.59. The highest BCUT2D eigenvalue weighted by atomic mass is 16.7. The molecule has 2 saturated heterocycles. The van der Waals surface area contributed by atoms with E-state index in [1.54, 1.807) is 17.2 Å². The van der Waals surface area contributed by atoms with Gasteiger partial charge in [-0.3, -0.25) is 14.4 Å². The lowest BCUT2D eigenvalue weighted by molar-refractivity contribution is -0.126. The van der Waals surface area contributed by atoms with Crippen molar-refractivity contribution in [3.05, 3.63) is 90.0 Å². The van der Waals surface area contributed by atoms with Gasteiger partial charge in [0, 0.05) is 19.8 Å². The summed E-state index contributed by atoms with van der Waals surface area (Å²) >= 11 is 0. The summed E-state index contributed by atoms with van der Waals surface area (Å²) in [6.45, 7) is 2.00. The summed E-state index contributed by atoms with van der Waals surface area (Å²) in [4.78, 5) is 36.5. The molecule has 0 aliphatic carbocycles. The van der Waals surface area contributed by atoms with Crippen molar-refractivity contribution < 1.29 is 14.4 Å². The lowest BCUT2D eigenvalue weighted by Gasteiger charge is -2.30. The van der Waals surface area contributed by atoms with Gasteiger partial charge in [0.25, 0.3) is 5.91 Å². The SMILES string of the molecule is Cc1ccccc1N1O[C@@H]2C(=O)N(c3ccccc3)C(=O)[C@@H]2[C@H]1c1ccc(N(C)C)cc1. The highest BCUT2D eigenvalue weighted by Gasteiger charge is 2.60. The Bertz CT molecular complexity index is 1160. The predicted octanol–water partition coefficient (Wildman–Crippen LogP) is 4.11. The number of carbonyl (C=O) groups is 2.